The Kier molecular flexibility index (Phi) is 7.05. The summed E-state index contributed by atoms with van der Waals surface area (Å²) in [5.41, 5.74) is 20.9. The summed E-state index contributed by atoms with van der Waals surface area (Å²) >= 11 is 0. The van der Waals surface area contributed by atoms with Gasteiger partial charge in [-0.25, -0.2) is 0 Å². The Morgan fingerprint density at radius 1 is 0.250 bits per heavy atom. The van der Waals surface area contributed by atoms with Gasteiger partial charge in [0, 0.05) is 10.8 Å². The van der Waals surface area contributed by atoms with Crippen molar-refractivity contribution in [2.75, 3.05) is 0 Å². The van der Waals surface area contributed by atoms with Crippen LogP contribution in [0.4, 0.5) is 0 Å². The second kappa shape index (κ2) is 12.0. The molecule has 0 spiro atoms. The van der Waals surface area contributed by atoms with Crippen molar-refractivity contribution < 1.29 is 0 Å². The van der Waals surface area contributed by atoms with Gasteiger partial charge in [0.2, 0.25) is 0 Å². The second-order valence-electron chi connectivity index (χ2n) is 16.8. The SMILES string of the molecule is CC1(C)c2ccccc2-c2ccc(-c3ccc4c(-c5ccccc5-c5ccccc5)c5ccccc5c(-c5cccc6c5-c5ccccc5C6(C)C)c4c3)cc21. The molecule has 0 heteroatoms. The monoisotopic (exact) mass is 714 g/mol. The Hall–Kier alpha value is -6.50. The van der Waals surface area contributed by atoms with Gasteiger partial charge in [-0.15, -0.1) is 0 Å². The Morgan fingerprint density at radius 3 is 1.48 bits per heavy atom. The van der Waals surface area contributed by atoms with E-state index in [2.05, 4.69) is 210 Å². The highest BCUT2D eigenvalue weighted by atomic mass is 14.4. The maximum absolute atomic E-state index is 2.49. The van der Waals surface area contributed by atoms with Gasteiger partial charge < -0.3 is 0 Å². The van der Waals surface area contributed by atoms with Crippen molar-refractivity contribution in [1.82, 2.24) is 0 Å². The fraction of sp³-hybridized carbons (Fsp3) is 0.107. The maximum Gasteiger partial charge on any atom is 0.0159 e. The topological polar surface area (TPSA) is 0 Å². The molecule has 0 aromatic heterocycles. The highest BCUT2D eigenvalue weighted by Crippen LogP contribution is 2.55. The van der Waals surface area contributed by atoms with Gasteiger partial charge in [-0.1, -0.05) is 198 Å². The first kappa shape index (κ1) is 32.9. The maximum atomic E-state index is 2.49. The van der Waals surface area contributed by atoms with E-state index in [4.69, 9.17) is 0 Å². The highest BCUT2D eigenvalue weighted by molar-refractivity contribution is 6.24. The fourth-order valence-electron chi connectivity index (χ4n) is 10.4. The summed E-state index contributed by atoms with van der Waals surface area (Å²) in [5.74, 6) is 0. The molecule has 0 unspecified atom stereocenters. The van der Waals surface area contributed by atoms with Gasteiger partial charge in [-0.3, -0.25) is 0 Å². The second-order valence-corrected chi connectivity index (χ2v) is 16.8. The van der Waals surface area contributed by atoms with E-state index in [0.29, 0.717) is 0 Å². The predicted molar refractivity (Wildman–Crippen MR) is 238 cm³/mol. The Morgan fingerprint density at radius 2 is 0.732 bits per heavy atom. The summed E-state index contributed by atoms with van der Waals surface area (Å²) in [6.45, 7) is 9.51. The third-order valence-electron chi connectivity index (χ3n) is 13.1. The standard InChI is InChI=1S/C56H42/c1-55(2)49-27-15-13-24-45(49)54-46(25-16-28-50(54)55)53-43-23-11-10-22-42(43)52(41-21-9-8-19-38(41)35-17-6-5-7-18-35)44-32-30-36(33-47(44)53)37-29-31-40-39-20-12-14-26-48(39)56(3,4)51(40)34-37/h5-34H,1-4H3. The molecule has 0 nitrogen and oxygen atoms in total. The van der Waals surface area contributed by atoms with E-state index in [0.717, 1.165) is 0 Å². The van der Waals surface area contributed by atoms with Crippen LogP contribution in [0.1, 0.15) is 49.9 Å². The number of benzene rings is 9. The summed E-state index contributed by atoms with van der Waals surface area (Å²) in [5, 5.41) is 5.09. The zero-order valence-electron chi connectivity index (χ0n) is 32.3. The third kappa shape index (κ3) is 4.60. The molecule has 0 aliphatic heterocycles. The van der Waals surface area contributed by atoms with Crippen LogP contribution in [0.5, 0.6) is 0 Å². The van der Waals surface area contributed by atoms with E-state index in [-0.39, 0.29) is 10.8 Å². The number of hydrogen-bond acceptors (Lipinski definition) is 0. The van der Waals surface area contributed by atoms with Gasteiger partial charge in [0.15, 0.2) is 0 Å². The first-order valence-electron chi connectivity index (χ1n) is 19.9. The molecule has 56 heavy (non-hydrogen) atoms. The van der Waals surface area contributed by atoms with E-state index in [1.807, 2.05) is 0 Å². The Bertz CT molecular complexity index is 3060. The van der Waals surface area contributed by atoms with Gasteiger partial charge in [-0.2, -0.15) is 0 Å². The molecule has 0 amide bonds. The lowest BCUT2D eigenvalue weighted by Gasteiger charge is -2.24. The Balaban J connectivity index is 1.25. The van der Waals surface area contributed by atoms with E-state index in [9.17, 15) is 0 Å². The molecule has 9 aromatic carbocycles. The lowest BCUT2D eigenvalue weighted by atomic mass is 9.79. The van der Waals surface area contributed by atoms with Gasteiger partial charge in [0.1, 0.15) is 0 Å². The van der Waals surface area contributed by atoms with Gasteiger partial charge in [0.05, 0.1) is 0 Å². The largest absolute Gasteiger partial charge is 0.0622 e. The molecule has 0 N–H and O–H groups in total. The summed E-state index contributed by atoms with van der Waals surface area (Å²) < 4.78 is 0. The minimum absolute atomic E-state index is 0.0702. The van der Waals surface area contributed by atoms with E-state index in [1.165, 1.54) is 111 Å². The molecule has 0 saturated heterocycles. The fourth-order valence-corrected chi connectivity index (χ4v) is 10.4. The molecular weight excluding hydrogens is 673 g/mol. The van der Waals surface area contributed by atoms with Crippen molar-refractivity contribution in [2.45, 2.75) is 38.5 Å². The zero-order chi connectivity index (χ0) is 37.8. The van der Waals surface area contributed by atoms with Crippen LogP contribution < -0.4 is 0 Å². The smallest absolute Gasteiger partial charge is 0.0159 e. The number of rotatable bonds is 4. The molecule has 0 atom stereocenters. The lowest BCUT2D eigenvalue weighted by molar-refractivity contribution is 0.660. The highest BCUT2D eigenvalue weighted by Gasteiger charge is 2.38. The molecule has 11 rings (SSSR count). The van der Waals surface area contributed by atoms with Crippen molar-refractivity contribution in [3.63, 3.8) is 0 Å². The van der Waals surface area contributed by atoms with Crippen molar-refractivity contribution in [3.05, 3.63) is 204 Å². The van der Waals surface area contributed by atoms with Crippen molar-refractivity contribution >= 4 is 21.5 Å². The third-order valence-corrected chi connectivity index (χ3v) is 13.1. The van der Waals surface area contributed by atoms with E-state index >= 15 is 0 Å². The molecule has 0 saturated carbocycles. The molecular formula is C56H42. The average molecular weight is 715 g/mol. The summed E-state index contributed by atoms with van der Waals surface area (Å²) in [4.78, 5) is 0. The predicted octanol–water partition coefficient (Wildman–Crippen LogP) is 15.3. The molecule has 0 fully saturated rings. The van der Waals surface area contributed by atoms with Gasteiger partial charge in [-0.05, 0) is 123 Å². The summed E-state index contributed by atoms with van der Waals surface area (Å²) in [6, 6.07) is 68.3. The van der Waals surface area contributed by atoms with Crippen LogP contribution in [0.15, 0.2) is 182 Å². The van der Waals surface area contributed by atoms with Crippen LogP contribution in [0.3, 0.4) is 0 Å². The van der Waals surface area contributed by atoms with Crippen molar-refractivity contribution in [2.24, 2.45) is 0 Å². The van der Waals surface area contributed by atoms with E-state index < -0.39 is 0 Å². The molecule has 9 aromatic rings. The first-order chi connectivity index (χ1) is 27.3. The van der Waals surface area contributed by atoms with Crippen molar-refractivity contribution in [3.8, 4) is 66.8 Å². The molecule has 0 bridgehead atoms. The lowest BCUT2D eigenvalue weighted by Crippen LogP contribution is -2.14. The van der Waals surface area contributed by atoms with Crippen molar-refractivity contribution in [1.29, 1.82) is 0 Å². The van der Waals surface area contributed by atoms with E-state index in [1.54, 1.807) is 0 Å². The Labute approximate surface area is 329 Å². The molecule has 0 radical (unpaired) electrons. The van der Waals surface area contributed by atoms with Gasteiger partial charge >= 0.3 is 0 Å². The molecule has 266 valence electrons. The van der Waals surface area contributed by atoms with Gasteiger partial charge in [0.25, 0.3) is 0 Å². The van der Waals surface area contributed by atoms with Crippen LogP contribution in [0, 0.1) is 0 Å². The minimum atomic E-state index is -0.0952. The normalized spacial score (nSPS) is 14.4. The summed E-state index contributed by atoms with van der Waals surface area (Å²) in [6.07, 6.45) is 0. The first-order valence-corrected chi connectivity index (χ1v) is 19.9. The van der Waals surface area contributed by atoms with Crippen LogP contribution in [0.2, 0.25) is 0 Å². The van der Waals surface area contributed by atoms with Crippen LogP contribution >= 0.6 is 0 Å². The number of fused-ring (bicyclic) bond motifs is 8. The average Bonchev–Trinajstić information content (AvgIpc) is 3.62. The molecule has 2 aliphatic rings. The molecule has 2 aliphatic carbocycles. The summed E-state index contributed by atoms with van der Waals surface area (Å²) in [7, 11) is 0. The zero-order valence-corrected chi connectivity index (χ0v) is 32.3. The quantitative estimate of drug-likeness (QED) is 0.159. The molecule has 0 heterocycles. The number of hydrogen-bond donors (Lipinski definition) is 0. The van der Waals surface area contributed by atoms with Crippen LogP contribution in [-0.4, -0.2) is 0 Å². The van der Waals surface area contributed by atoms with Crippen LogP contribution in [-0.2, 0) is 10.8 Å². The van der Waals surface area contributed by atoms with Crippen LogP contribution in [0.25, 0.3) is 88.3 Å². The minimum Gasteiger partial charge on any atom is -0.0622 e.